The normalized spacial score (nSPS) is 11.7. The van der Waals surface area contributed by atoms with Gasteiger partial charge in [-0.25, -0.2) is 0 Å². The number of nitrogens with one attached hydrogen (secondary N) is 1. The summed E-state index contributed by atoms with van der Waals surface area (Å²) in [6.45, 7) is 4.82. The molecular formula is C22H26Cl2N2O2. The Morgan fingerprint density at radius 3 is 2.32 bits per heavy atom. The number of benzene rings is 2. The van der Waals surface area contributed by atoms with E-state index < -0.39 is 6.04 Å². The van der Waals surface area contributed by atoms with Crippen LogP contribution in [0.4, 0.5) is 0 Å². The van der Waals surface area contributed by atoms with Crippen molar-refractivity contribution in [2.75, 3.05) is 6.54 Å². The first kappa shape index (κ1) is 22.3. The Hall–Kier alpha value is -2.04. The average molecular weight is 421 g/mol. The highest BCUT2D eigenvalue weighted by molar-refractivity contribution is 6.31. The van der Waals surface area contributed by atoms with Gasteiger partial charge in [-0.1, -0.05) is 67.4 Å². The van der Waals surface area contributed by atoms with Crippen LogP contribution in [0.3, 0.4) is 0 Å². The molecule has 2 aromatic carbocycles. The monoisotopic (exact) mass is 420 g/mol. The maximum absolute atomic E-state index is 13.2. The molecule has 2 amide bonds. The molecule has 2 aromatic rings. The Bertz CT molecular complexity index is 793. The van der Waals surface area contributed by atoms with E-state index in [1.54, 1.807) is 23.1 Å². The van der Waals surface area contributed by atoms with Gasteiger partial charge in [-0.3, -0.25) is 9.59 Å². The lowest BCUT2D eigenvalue weighted by molar-refractivity contribution is -0.140. The zero-order valence-electron chi connectivity index (χ0n) is 16.3. The summed E-state index contributed by atoms with van der Waals surface area (Å²) in [6.07, 6.45) is 1.51. The van der Waals surface area contributed by atoms with Crippen LogP contribution in [0, 0.1) is 0 Å². The summed E-state index contributed by atoms with van der Waals surface area (Å²) in [5, 5.41) is 4.09. The fraction of sp³-hybridized carbons (Fsp3) is 0.364. The zero-order chi connectivity index (χ0) is 20.5. The molecule has 0 saturated carbocycles. The van der Waals surface area contributed by atoms with Gasteiger partial charge in [0.1, 0.15) is 6.04 Å². The second-order valence-electron chi connectivity index (χ2n) is 6.63. The van der Waals surface area contributed by atoms with E-state index in [-0.39, 0.29) is 18.2 Å². The summed E-state index contributed by atoms with van der Waals surface area (Å²) in [4.78, 5) is 27.5. The van der Waals surface area contributed by atoms with Crippen LogP contribution >= 0.6 is 23.2 Å². The third-order valence-electron chi connectivity index (χ3n) is 4.50. The number of hydrogen-bond acceptors (Lipinski definition) is 2. The Labute approximate surface area is 176 Å². The van der Waals surface area contributed by atoms with Crippen molar-refractivity contribution in [3.63, 3.8) is 0 Å². The number of amides is 2. The predicted molar refractivity (Wildman–Crippen MR) is 115 cm³/mol. The minimum Gasteiger partial charge on any atom is -0.354 e. The molecule has 0 heterocycles. The first-order valence-corrected chi connectivity index (χ1v) is 10.3. The van der Waals surface area contributed by atoms with Crippen LogP contribution in [0.2, 0.25) is 10.0 Å². The van der Waals surface area contributed by atoms with E-state index in [1.165, 1.54) is 0 Å². The second kappa shape index (κ2) is 11.1. The SMILES string of the molecule is CCCNC(=O)[C@H](CC)N(Cc1ccc(Cl)cc1)C(=O)Cc1ccccc1Cl. The molecule has 0 fully saturated rings. The van der Waals surface area contributed by atoms with E-state index in [4.69, 9.17) is 23.2 Å². The highest BCUT2D eigenvalue weighted by Gasteiger charge is 2.28. The number of carbonyl (C=O) groups excluding carboxylic acids is 2. The van der Waals surface area contributed by atoms with Crippen molar-refractivity contribution in [2.45, 2.75) is 45.7 Å². The molecule has 0 unspecified atom stereocenters. The molecule has 0 aliphatic carbocycles. The standard InChI is InChI=1S/C22H26Cl2N2O2/c1-3-13-25-22(28)20(4-2)26(15-16-9-11-18(23)12-10-16)21(27)14-17-7-5-6-8-19(17)24/h5-12,20H,3-4,13-15H2,1-2H3,(H,25,28)/t20-/m0/s1. The summed E-state index contributed by atoms with van der Waals surface area (Å²) in [5.74, 6) is -0.271. The maximum Gasteiger partial charge on any atom is 0.242 e. The molecule has 1 atom stereocenters. The quantitative estimate of drug-likeness (QED) is 0.628. The minimum absolute atomic E-state index is 0.133. The fourth-order valence-electron chi connectivity index (χ4n) is 2.98. The van der Waals surface area contributed by atoms with E-state index in [0.29, 0.717) is 29.6 Å². The molecule has 0 bridgehead atoms. The van der Waals surface area contributed by atoms with Crippen molar-refractivity contribution in [3.8, 4) is 0 Å². The molecule has 0 spiro atoms. The highest BCUT2D eigenvalue weighted by atomic mass is 35.5. The fourth-order valence-corrected chi connectivity index (χ4v) is 3.31. The third-order valence-corrected chi connectivity index (χ3v) is 5.12. The summed E-state index contributed by atoms with van der Waals surface area (Å²) in [6, 6.07) is 14.0. The molecule has 0 aliphatic heterocycles. The lowest BCUT2D eigenvalue weighted by Crippen LogP contribution is -2.49. The molecule has 0 saturated heterocycles. The topological polar surface area (TPSA) is 49.4 Å². The summed E-state index contributed by atoms with van der Waals surface area (Å²) in [7, 11) is 0. The van der Waals surface area contributed by atoms with Crippen LogP contribution in [0.25, 0.3) is 0 Å². The van der Waals surface area contributed by atoms with E-state index in [1.807, 2.05) is 44.2 Å². The van der Waals surface area contributed by atoms with Crippen LogP contribution in [0.5, 0.6) is 0 Å². The van der Waals surface area contributed by atoms with E-state index in [0.717, 1.165) is 17.5 Å². The van der Waals surface area contributed by atoms with Gasteiger partial charge in [-0.05, 0) is 42.2 Å². The Morgan fingerprint density at radius 1 is 1.04 bits per heavy atom. The lowest BCUT2D eigenvalue weighted by atomic mass is 10.1. The van der Waals surface area contributed by atoms with Crippen molar-refractivity contribution in [2.24, 2.45) is 0 Å². The van der Waals surface area contributed by atoms with Crippen LogP contribution in [-0.2, 0) is 22.6 Å². The summed E-state index contributed by atoms with van der Waals surface area (Å²) in [5.41, 5.74) is 1.66. The summed E-state index contributed by atoms with van der Waals surface area (Å²) < 4.78 is 0. The van der Waals surface area contributed by atoms with E-state index in [9.17, 15) is 9.59 Å². The Morgan fingerprint density at radius 2 is 1.71 bits per heavy atom. The smallest absolute Gasteiger partial charge is 0.242 e. The van der Waals surface area contributed by atoms with Crippen LogP contribution in [0.15, 0.2) is 48.5 Å². The lowest BCUT2D eigenvalue weighted by Gasteiger charge is -2.31. The Kier molecular flexibility index (Phi) is 8.81. The number of rotatable bonds is 9. The Balaban J connectivity index is 2.27. The average Bonchev–Trinajstić information content (AvgIpc) is 2.69. The molecule has 150 valence electrons. The number of nitrogens with zero attached hydrogens (tertiary/aromatic N) is 1. The molecule has 28 heavy (non-hydrogen) atoms. The van der Waals surface area contributed by atoms with Crippen LogP contribution < -0.4 is 5.32 Å². The number of hydrogen-bond donors (Lipinski definition) is 1. The van der Waals surface area contributed by atoms with E-state index in [2.05, 4.69) is 5.32 Å². The van der Waals surface area contributed by atoms with Gasteiger partial charge in [0.25, 0.3) is 0 Å². The first-order chi connectivity index (χ1) is 13.5. The maximum atomic E-state index is 13.2. The highest BCUT2D eigenvalue weighted by Crippen LogP contribution is 2.20. The van der Waals surface area contributed by atoms with Gasteiger partial charge in [0.15, 0.2) is 0 Å². The van der Waals surface area contributed by atoms with Crippen molar-refractivity contribution in [1.29, 1.82) is 0 Å². The van der Waals surface area contributed by atoms with Gasteiger partial charge < -0.3 is 10.2 Å². The van der Waals surface area contributed by atoms with Crippen molar-refractivity contribution in [1.82, 2.24) is 10.2 Å². The van der Waals surface area contributed by atoms with Gasteiger partial charge in [-0.15, -0.1) is 0 Å². The third kappa shape index (κ3) is 6.25. The van der Waals surface area contributed by atoms with Crippen LogP contribution in [-0.4, -0.2) is 29.3 Å². The zero-order valence-corrected chi connectivity index (χ0v) is 17.8. The number of halogens is 2. The van der Waals surface area contributed by atoms with Gasteiger partial charge in [0, 0.05) is 23.1 Å². The second-order valence-corrected chi connectivity index (χ2v) is 7.48. The molecular weight excluding hydrogens is 395 g/mol. The molecule has 0 aromatic heterocycles. The molecule has 2 rings (SSSR count). The summed E-state index contributed by atoms with van der Waals surface area (Å²) >= 11 is 12.2. The molecule has 4 nitrogen and oxygen atoms in total. The van der Waals surface area contributed by atoms with Crippen LogP contribution in [0.1, 0.15) is 37.8 Å². The largest absolute Gasteiger partial charge is 0.354 e. The van der Waals surface area contributed by atoms with Gasteiger partial charge >= 0.3 is 0 Å². The van der Waals surface area contributed by atoms with Gasteiger partial charge in [-0.2, -0.15) is 0 Å². The number of carbonyl (C=O) groups is 2. The van der Waals surface area contributed by atoms with Gasteiger partial charge in [0.05, 0.1) is 6.42 Å². The van der Waals surface area contributed by atoms with Crippen molar-refractivity contribution < 1.29 is 9.59 Å². The molecule has 6 heteroatoms. The minimum atomic E-state index is -0.544. The van der Waals surface area contributed by atoms with Crippen molar-refractivity contribution in [3.05, 3.63) is 69.7 Å². The molecule has 0 aliphatic rings. The molecule has 1 N–H and O–H groups in total. The van der Waals surface area contributed by atoms with Gasteiger partial charge in [0.2, 0.25) is 11.8 Å². The van der Waals surface area contributed by atoms with E-state index >= 15 is 0 Å². The molecule has 0 radical (unpaired) electrons. The predicted octanol–water partition coefficient (Wildman–Crippen LogP) is 4.87. The van der Waals surface area contributed by atoms with Crippen molar-refractivity contribution >= 4 is 35.0 Å². The first-order valence-electron chi connectivity index (χ1n) is 9.51.